The summed E-state index contributed by atoms with van der Waals surface area (Å²) in [7, 11) is 1.95. The Morgan fingerprint density at radius 3 is 2.61 bits per heavy atom. The van der Waals surface area contributed by atoms with Crippen molar-refractivity contribution in [2.75, 3.05) is 20.2 Å². The van der Waals surface area contributed by atoms with Crippen LogP contribution in [0.3, 0.4) is 0 Å². The average Bonchev–Trinajstić information content (AvgIpc) is 2.56. The van der Waals surface area contributed by atoms with Gasteiger partial charge in [-0.15, -0.1) is 0 Å². The summed E-state index contributed by atoms with van der Waals surface area (Å²) >= 11 is 5.84. The van der Waals surface area contributed by atoms with Crippen molar-refractivity contribution < 1.29 is 9.53 Å². The number of ether oxygens (including phenoxy) is 1. The van der Waals surface area contributed by atoms with E-state index in [1.807, 2.05) is 31.0 Å². The molecule has 4 nitrogen and oxygen atoms in total. The van der Waals surface area contributed by atoms with Crippen LogP contribution in [0.15, 0.2) is 24.3 Å². The van der Waals surface area contributed by atoms with Gasteiger partial charge in [-0.1, -0.05) is 30.9 Å². The van der Waals surface area contributed by atoms with Crippen LogP contribution in [0.2, 0.25) is 5.02 Å². The summed E-state index contributed by atoms with van der Waals surface area (Å²) in [4.78, 5) is 14.3. The second-order valence-electron chi connectivity index (χ2n) is 6.30. The lowest BCUT2D eigenvalue weighted by Crippen LogP contribution is -2.48. The molecule has 1 aliphatic rings. The standard InChI is InChI=1S/C18H27ClN2O2/c1-14(18(22)20-16-6-4-3-5-7-16)21(2)12-13-23-17-10-8-15(19)9-11-17/h8-11,14,16H,3-7,12-13H2,1-2H3,(H,20,22)/t14-/m1/s1. The summed E-state index contributed by atoms with van der Waals surface area (Å²) in [6.45, 7) is 3.18. The van der Waals surface area contributed by atoms with Gasteiger partial charge in [0.1, 0.15) is 12.4 Å². The Balaban J connectivity index is 1.69. The average molecular weight is 339 g/mol. The summed E-state index contributed by atoms with van der Waals surface area (Å²) in [6, 6.07) is 7.52. The van der Waals surface area contributed by atoms with E-state index in [2.05, 4.69) is 5.32 Å². The monoisotopic (exact) mass is 338 g/mol. The van der Waals surface area contributed by atoms with E-state index in [1.165, 1.54) is 19.3 Å². The maximum Gasteiger partial charge on any atom is 0.237 e. The lowest BCUT2D eigenvalue weighted by molar-refractivity contribution is -0.126. The molecule has 0 saturated heterocycles. The van der Waals surface area contributed by atoms with Crippen molar-refractivity contribution >= 4 is 17.5 Å². The van der Waals surface area contributed by atoms with Crippen molar-refractivity contribution in [3.8, 4) is 5.75 Å². The van der Waals surface area contributed by atoms with E-state index in [0.29, 0.717) is 24.2 Å². The number of hydrogen-bond acceptors (Lipinski definition) is 3. The molecule has 0 radical (unpaired) electrons. The lowest BCUT2D eigenvalue weighted by atomic mass is 9.95. The highest BCUT2D eigenvalue weighted by molar-refractivity contribution is 6.30. The van der Waals surface area contributed by atoms with Crippen LogP contribution in [-0.2, 0) is 4.79 Å². The van der Waals surface area contributed by atoms with E-state index in [9.17, 15) is 4.79 Å². The number of likely N-dealkylation sites (N-methyl/N-ethyl adjacent to an activating group) is 1. The molecule has 0 heterocycles. The minimum atomic E-state index is -0.147. The number of rotatable bonds is 7. The van der Waals surface area contributed by atoms with Crippen molar-refractivity contribution in [1.82, 2.24) is 10.2 Å². The quantitative estimate of drug-likeness (QED) is 0.827. The zero-order valence-electron chi connectivity index (χ0n) is 14.1. The highest BCUT2D eigenvalue weighted by Gasteiger charge is 2.22. The Bertz CT molecular complexity index is 486. The fourth-order valence-electron chi connectivity index (χ4n) is 2.80. The smallest absolute Gasteiger partial charge is 0.237 e. The van der Waals surface area contributed by atoms with Gasteiger partial charge in [0.2, 0.25) is 5.91 Å². The highest BCUT2D eigenvalue weighted by atomic mass is 35.5. The summed E-state index contributed by atoms with van der Waals surface area (Å²) < 4.78 is 5.68. The summed E-state index contributed by atoms with van der Waals surface area (Å²) in [5, 5.41) is 3.87. The molecule has 5 heteroatoms. The number of nitrogens with zero attached hydrogens (tertiary/aromatic N) is 1. The minimum absolute atomic E-state index is 0.117. The molecule has 23 heavy (non-hydrogen) atoms. The molecule has 2 rings (SSSR count). The SMILES string of the molecule is C[C@H](C(=O)NC1CCCCC1)N(C)CCOc1ccc(Cl)cc1. The van der Waals surface area contributed by atoms with Crippen LogP contribution in [-0.4, -0.2) is 43.1 Å². The summed E-state index contributed by atoms with van der Waals surface area (Å²) in [5.74, 6) is 0.910. The third-order valence-electron chi connectivity index (χ3n) is 4.52. The molecule has 1 aromatic rings. The van der Waals surface area contributed by atoms with E-state index in [4.69, 9.17) is 16.3 Å². The molecule has 1 aromatic carbocycles. The number of carbonyl (C=O) groups is 1. The molecule has 0 aliphatic heterocycles. The maximum atomic E-state index is 12.3. The van der Waals surface area contributed by atoms with Gasteiger partial charge in [0.25, 0.3) is 0 Å². The number of amides is 1. The molecule has 1 aliphatic carbocycles. The van der Waals surface area contributed by atoms with Gasteiger partial charge in [-0.3, -0.25) is 9.69 Å². The van der Waals surface area contributed by atoms with Crippen molar-refractivity contribution in [2.45, 2.75) is 51.1 Å². The molecule has 0 bridgehead atoms. The molecule has 1 N–H and O–H groups in total. The second-order valence-corrected chi connectivity index (χ2v) is 6.74. The largest absolute Gasteiger partial charge is 0.492 e. The maximum absolute atomic E-state index is 12.3. The van der Waals surface area contributed by atoms with E-state index in [1.54, 1.807) is 12.1 Å². The van der Waals surface area contributed by atoms with Gasteiger partial charge in [0.15, 0.2) is 0 Å². The van der Waals surface area contributed by atoms with Crippen LogP contribution in [0.1, 0.15) is 39.0 Å². The van der Waals surface area contributed by atoms with Crippen LogP contribution < -0.4 is 10.1 Å². The Morgan fingerprint density at radius 1 is 1.30 bits per heavy atom. The summed E-state index contributed by atoms with van der Waals surface area (Å²) in [6.07, 6.45) is 5.97. The van der Waals surface area contributed by atoms with Crippen LogP contribution in [0, 0.1) is 0 Å². The van der Waals surface area contributed by atoms with Crippen LogP contribution in [0.5, 0.6) is 5.75 Å². The fourth-order valence-corrected chi connectivity index (χ4v) is 2.93. The lowest BCUT2D eigenvalue weighted by Gasteiger charge is -2.28. The Kier molecular flexibility index (Phi) is 7.18. The molecule has 128 valence electrons. The van der Waals surface area contributed by atoms with E-state index in [0.717, 1.165) is 18.6 Å². The molecule has 0 spiro atoms. The molecule has 0 aromatic heterocycles. The van der Waals surface area contributed by atoms with Gasteiger partial charge >= 0.3 is 0 Å². The first kappa shape index (κ1) is 18.1. The third-order valence-corrected chi connectivity index (χ3v) is 4.77. The highest BCUT2D eigenvalue weighted by Crippen LogP contribution is 2.18. The van der Waals surface area contributed by atoms with Gasteiger partial charge in [0, 0.05) is 17.6 Å². The Morgan fingerprint density at radius 2 is 1.96 bits per heavy atom. The molecule has 0 unspecified atom stereocenters. The van der Waals surface area contributed by atoms with E-state index >= 15 is 0 Å². The number of hydrogen-bond donors (Lipinski definition) is 1. The molecule has 1 fully saturated rings. The van der Waals surface area contributed by atoms with Gasteiger partial charge in [-0.05, 0) is 51.1 Å². The predicted molar refractivity (Wildman–Crippen MR) is 94.1 cm³/mol. The first-order valence-electron chi connectivity index (χ1n) is 8.45. The predicted octanol–water partition coefficient (Wildman–Crippen LogP) is 3.49. The number of nitrogens with one attached hydrogen (secondary N) is 1. The number of halogens is 1. The van der Waals surface area contributed by atoms with Gasteiger partial charge in [-0.2, -0.15) is 0 Å². The molecular weight excluding hydrogens is 312 g/mol. The normalized spacial score (nSPS) is 17.0. The van der Waals surface area contributed by atoms with Crippen molar-refractivity contribution in [2.24, 2.45) is 0 Å². The van der Waals surface area contributed by atoms with Crippen LogP contribution in [0.25, 0.3) is 0 Å². The van der Waals surface area contributed by atoms with Gasteiger partial charge < -0.3 is 10.1 Å². The third kappa shape index (κ3) is 6.04. The zero-order chi connectivity index (χ0) is 16.7. The molecule has 1 amide bonds. The van der Waals surface area contributed by atoms with Crippen molar-refractivity contribution in [1.29, 1.82) is 0 Å². The fraction of sp³-hybridized carbons (Fsp3) is 0.611. The van der Waals surface area contributed by atoms with E-state index < -0.39 is 0 Å². The second kappa shape index (κ2) is 9.14. The van der Waals surface area contributed by atoms with Gasteiger partial charge in [-0.25, -0.2) is 0 Å². The number of carbonyl (C=O) groups excluding carboxylic acids is 1. The topological polar surface area (TPSA) is 41.6 Å². The zero-order valence-corrected chi connectivity index (χ0v) is 14.8. The number of benzene rings is 1. The first-order chi connectivity index (χ1) is 11.1. The molecule has 1 saturated carbocycles. The Labute approximate surface area is 144 Å². The van der Waals surface area contributed by atoms with Crippen LogP contribution >= 0.6 is 11.6 Å². The van der Waals surface area contributed by atoms with E-state index in [-0.39, 0.29) is 11.9 Å². The Hall–Kier alpha value is -1.26. The first-order valence-corrected chi connectivity index (χ1v) is 8.83. The van der Waals surface area contributed by atoms with Gasteiger partial charge in [0.05, 0.1) is 6.04 Å². The molecule has 1 atom stereocenters. The van der Waals surface area contributed by atoms with Crippen LogP contribution in [0.4, 0.5) is 0 Å². The molecular formula is C18H27ClN2O2. The van der Waals surface area contributed by atoms with Crippen molar-refractivity contribution in [3.63, 3.8) is 0 Å². The summed E-state index contributed by atoms with van der Waals surface area (Å²) in [5.41, 5.74) is 0. The minimum Gasteiger partial charge on any atom is -0.492 e. The van der Waals surface area contributed by atoms with Crippen molar-refractivity contribution in [3.05, 3.63) is 29.3 Å².